The maximum atomic E-state index is 12.6. The Balaban J connectivity index is 1.57. The van der Waals surface area contributed by atoms with Crippen LogP contribution in [0.4, 0.5) is 5.69 Å². The van der Waals surface area contributed by atoms with Crippen LogP contribution in [0.1, 0.15) is 17.5 Å². The zero-order chi connectivity index (χ0) is 18.9. The van der Waals surface area contributed by atoms with Gasteiger partial charge in [-0.2, -0.15) is 0 Å². The standard InChI is InChI=1S/C22H29N3O2/c23-21-9-5-4-8-19(21)10-11-22(26)24-20(16-18-6-2-1-3-7-18)17-25-12-14-27-15-13-25/h1-9,20H,10-17,23H2,(H,24,26). The Labute approximate surface area is 161 Å². The van der Waals surface area contributed by atoms with Crippen LogP contribution in [0.3, 0.4) is 0 Å². The highest BCUT2D eigenvalue weighted by atomic mass is 16.5. The quantitative estimate of drug-likeness (QED) is 0.703. The maximum absolute atomic E-state index is 12.6. The average molecular weight is 367 g/mol. The molecule has 0 radical (unpaired) electrons. The van der Waals surface area contributed by atoms with Crippen LogP contribution in [0.25, 0.3) is 0 Å². The molecule has 27 heavy (non-hydrogen) atoms. The summed E-state index contributed by atoms with van der Waals surface area (Å²) in [5.41, 5.74) is 9.00. The zero-order valence-corrected chi connectivity index (χ0v) is 15.8. The van der Waals surface area contributed by atoms with Gasteiger partial charge in [0, 0.05) is 37.8 Å². The van der Waals surface area contributed by atoms with E-state index in [1.807, 2.05) is 42.5 Å². The number of hydrogen-bond acceptors (Lipinski definition) is 4. The van der Waals surface area contributed by atoms with Crippen molar-refractivity contribution in [2.75, 3.05) is 38.6 Å². The van der Waals surface area contributed by atoms with Gasteiger partial charge in [0.05, 0.1) is 13.2 Å². The molecule has 0 aromatic heterocycles. The van der Waals surface area contributed by atoms with Crippen molar-refractivity contribution in [3.63, 3.8) is 0 Å². The Morgan fingerprint density at radius 1 is 1.07 bits per heavy atom. The van der Waals surface area contributed by atoms with Crippen molar-refractivity contribution in [2.45, 2.75) is 25.3 Å². The molecule has 1 aliphatic heterocycles. The topological polar surface area (TPSA) is 67.6 Å². The van der Waals surface area contributed by atoms with Gasteiger partial charge >= 0.3 is 0 Å². The molecular weight excluding hydrogens is 338 g/mol. The van der Waals surface area contributed by atoms with Crippen molar-refractivity contribution >= 4 is 11.6 Å². The third kappa shape index (κ3) is 6.38. The lowest BCUT2D eigenvalue weighted by Gasteiger charge is -2.31. The number of nitrogens with two attached hydrogens (primary N) is 1. The van der Waals surface area contributed by atoms with Gasteiger partial charge in [-0.15, -0.1) is 0 Å². The second-order valence-electron chi connectivity index (χ2n) is 7.07. The summed E-state index contributed by atoms with van der Waals surface area (Å²) < 4.78 is 5.44. The second kappa shape index (κ2) is 10.1. The number of carbonyl (C=O) groups is 1. The predicted molar refractivity (Wildman–Crippen MR) is 109 cm³/mol. The van der Waals surface area contributed by atoms with E-state index in [9.17, 15) is 4.79 Å². The molecule has 3 N–H and O–H groups in total. The number of nitrogen functional groups attached to an aromatic ring is 1. The molecule has 1 heterocycles. The van der Waals surface area contributed by atoms with E-state index in [0.717, 1.165) is 50.5 Å². The first-order chi connectivity index (χ1) is 13.2. The van der Waals surface area contributed by atoms with Gasteiger partial charge in [0.15, 0.2) is 0 Å². The Morgan fingerprint density at radius 2 is 1.78 bits per heavy atom. The third-order valence-electron chi connectivity index (χ3n) is 4.95. The van der Waals surface area contributed by atoms with E-state index in [0.29, 0.717) is 12.8 Å². The smallest absolute Gasteiger partial charge is 0.220 e. The Kier molecular flexibility index (Phi) is 7.25. The molecule has 5 heteroatoms. The molecule has 0 aliphatic carbocycles. The van der Waals surface area contributed by atoms with Crippen LogP contribution in [0, 0.1) is 0 Å². The van der Waals surface area contributed by atoms with Gasteiger partial charge in [-0.1, -0.05) is 48.5 Å². The molecule has 1 amide bonds. The largest absolute Gasteiger partial charge is 0.399 e. The minimum absolute atomic E-state index is 0.0763. The van der Waals surface area contributed by atoms with Gasteiger partial charge in [0.2, 0.25) is 5.91 Å². The number of morpholine rings is 1. The van der Waals surface area contributed by atoms with Gasteiger partial charge in [-0.05, 0) is 30.0 Å². The first-order valence-electron chi connectivity index (χ1n) is 9.67. The Bertz CT molecular complexity index is 715. The first kappa shape index (κ1) is 19.4. The van der Waals surface area contributed by atoms with Gasteiger partial charge in [0.1, 0.15) is 0 Å². The van der Waals surface area contributed by atoms with Crippen molar-refractivity contribution in [1.82, 2.24) is 10.2 Å². The van der Waals surface area contributed by atoms with E-state index in [1.54, 1.807) is 0 Å². The van der Waals surface area contributed by atoms with E-state index in [4.69, 9.17) is 10.5 Å². The van der Waals surface area contributed by atoms with Crippen LogP contribution in [-0.4, -0.2) is 49.7 Å². The molecule has 1 unspecified atom stereocenters. The number of nitrogens with zero attached hydrogens (tertiary/aromatic N) is 1. The molecule has 0 bridgehead atoms. The number of ether oxygens (including phenoxy) is 1. The number of para-hydroxylation sites is 1. The highest BCUT2D eigenvalue weighted by Gasteiger charge is 2.19. The fourth-order valence-electron chi connectivity index (χ4n) is 3.47. The molecule has 3 rings (SSSR count). The second-order valence-corrected chi connectivity index (χ2v) is 7.07. The third-order valence-corrected chi connectivity index (χ3v) is 4.95. The van der Waals surface area contributed by atoms with E-state index in [2.05, 4.69) is 22.3 Å². The van der Waals surface area contributed by atoms with E-state index < -0.39 is 0 Å². The van der Waals surface area contributed by atoms with Gasteiger partial charge < -0.3 is 15.8 Å². The number of aryl methyl sites for hydroxylation is 1. The number of hydrogen-bond donors (Lipinski definition) is 2. The molecule has 1 aliphatic rings. The summed E-state index contributed by atoms with van der Waals surface area (Å²) in [5, 5.41) is 3.24. The van der Waals surface area contributed by atoms with E-state index in [-0.39, 0.29) is 11.9 Å². The Hall–Kier alpha value is -2.37. The monoisotopic (exact) mass is 367 g/mol. The van der Waals surface area contributed by atoms with Crippen molar-refractivity contribution < 1.29 is 9.53 Å². The molecule has 1 fully saturated rings. The number of amides is 1. The number of rotatable bonds is 8. The molecule has 144 valence electrons. The predicted octanol–water partition coefficient (Wildman–Crippen LogP) is 2.26. The molecule has 1 atom stereocenters. The van der Waals surface area contributed by atoms with Crippen LogP contribution < -0.4 is 11.1 Å². The summed E-state index contributed by atoms with van der Waals surface area (Å²) in [6, 6.07) is 18.2. The Morgan fingerprint density at radius 3 is 2.52 bits per heavy atom. The van der Waals surface area contributed by atoms with Gasteiger partial charge in [-0.3, -0.25) is 9.69 Å². The fourth-order valence-corrected chi connectivity index (χ4v) is 3.47. The van der Waals surface area contributed by atoms with E-state index in [1.165, 1.54) is 5.56 Å². The van der Waals surface area contributed by atoms with Crippen LogP contribution in [0.15, 0.2) is 54.6 Å². The number of nitrogens with one attached hydrogen (secondary N) is 1. The highest BCUT2D eigenvalue weighted by molar-refractivity contribution is 5.76. The van der Waals surface area contributed by atoms with Gasteiger partial charge in [0.25, 0.3) is 0 Å². The number of benzene rings is 2. The van der Waals surface area contributed by atoms with Crippen LogP contribution in [0.5, 0.6) is 0 Å². The molecular formula is C22H29N3O2. The van der Waals surface area contributed by atoms with Crippen molar-refractivity contribution in [2.24, 2.45) is 0 Å². The lowest BCUT2D eigenvalue weighted by molar-refractivity contribution is -0.122. The summed E-state index contributed by atoms with van der Waals surface area (Å²) in [6.45, 7) is 4.21. The van der Waals surface area contributed by atoms with E-state index >= 15 is 0 Å². The SMILES string of the molecule is Nc1ccccc1CCC(=O)NC(Cc1ccccc1)CN1CCOCC1. The fraction of sp³-hybridized carbons (Fsp3) is 0.409. The van der Waals surface area contributed by atoms with Crippen molar-refractivity contribution in [3.05, 3.63) is 65.7 Å². The normalized spacial score (nSPS) is 16.0. The highest BCUT2D eigenvalue weighted by Crippen LogP contribution is 2.13. The van der Waals surface area contributed by atoms with Crippen LogP contribution >= 0.6 is 0 Å². The molecule has 2 aromatic carbocycles. The van der Waals surface area contributed by atoms with Crippen LogP contribution in [-0.2, 0) is 22.4 Å². The lowest BCUT2D eigenvalue weighted by atomic mass is 10.0. The molecule has 1 saturated heterocycles. The molecule has 2 aromatic rings. The first-order valence-corrected chi connectivity index (χ1v) is 9.67. The average Bonchev–Trinajstić information content (AvgIpc) is 2.69. The zero-order valence-electron chi connectivity index (χ0n) is 15.8. The number of carbonyl (C=O) groups excluding carboxylic acids is 1. The molecule has 5 nitrogen and oxygen atoms in total. The summed E-state index contributed by atoms with van der Waals surface area (Å²) in [6.07, 6.45) is 1.94. The maximum Gasteiger partial charge on any atom is 0.220 e. The number of anilines is 1. The molecule has 0 saturated carbocycles. The lowest BCUT2D eigenvalue weighted by Crippen LogP contribution is -2.48. The summed E-state index contributed by atoms with van der Waals surface area (Å²) in [7, 11) is 0. The van der Waals surface area contributed by atoms with Gasteiger partial charge in [-0.25, -0.2) is 0 Å². The minimum Gasteiger partial charge on any atom is -0.399 e. The summed E-state index contributed by atoms with van der Waals surface area (Å²) >= 11 is 0. The van der Waals surface area contributed by atoms with Crippen LogP contribution in [0.2, 0.25) is 0 Å². The summed E-state index contributed by atoms with van der Waals surface area (Å²) in [5.74, 6) is 0.0763. The van der Waals surface area contributed by atoms with Crippen molar-refractivity contribution in [3.8, 4) is 0 Å². The summed E-state index contributed by atoms with van der Waals surface area (Å²) in [4.78, 5) is 14.9. The van der Waals surface area contributed by atoms with Crippen molar-refractivity contribution in [1.29, 1.82) is 0 Å². The molecule has 0 spiro atoms. The minimum atomic E-state index is 0.0763.